The molecule has 0 atom stereocenters. The largest absolute Gasteiger partial charge is 0.398 e. The van der Waals surface area contributed by atoms with E-state index in [0.717, 1.165) is 22.8 Å². The molecule has 0 amide bonds. The summed E-state index contributed by atoms with van der Waals surface area (Å²) in [6.45, 7) is 1.98. The SMILES string of the molecule is CCc1noc(-c2cc3ccccc3cc2N)n1. The van der Waals surface area contributed by atoms with Gasteiger partial charge in [-0.15, -0.1) is 0 Å². The van der Waals surface area contributed by atoms with Gasteiger partial charge in [0.1, 0.15) is 0 Å². The zero-order valence-electron chi connectivity index (χ0n) is 10.1. The molecule has 0 bridgehead atoms. The second kappa shape index (κ2) is 4.14. The summed E-state index contributed by atoms with van der Waals surface area (Å²) in [4.78, 5) is 4.31. The molecular weight excluding hydrogens is 226 g/mol. The molecule has 2 aromatic carbocycles. The van der Waals surface area contributed by atoms with E-state index >= 15 is 0 Å². The summed E-state index contributed by atoms with van der Waals surface area (Å²) >= 11 is 0. The quantitative estimate of drug-likeness (QED) is 0.698. The number of nitrogens with two attached hydrogens (primary N) is 1. The van der Waals surface area contributed by atoms with E-state index in [4.69, 9.17) is 10.3 Å². The van der Waals surface area contributed by atoms with E-state index < -0.39 is 0 Å². The molecule has 90 valence electrons. The molecule has 1 heterocycles. The third-order valence-corrected chi connectivity index (χ3v) is 2.93. The molecule has 0 radical (unpaired) electrons. The van der Waals surface area contributed by atoms with Crippen molar-refractivity contribution in [1.82, 2.24) is 10.1 Å². The highest BCUT2D eigenvalue weighted by molar-refractivity contribution is 5.92. The van der Waals surface area contributed by atoms with Crippen LogP contribution < -0.4 is 5.73 Å². The van der Waals surface area contributed by atoms with Gasteiger partial charge in [-0.05, 0) is 22.9 Å². The lowest BCUT2D eigenvalue weighted by Gasteiger charge is -2.03. The van der Waals surface area contributed by atoms with Gasteiger partial charge in [0.05, 0.1) is 5.56 Å². The fraction of sp³-hybridized carbons (Fsp3) is 0.143. The van der Waals surface area contributed by atoms with Crippen LogP contribution in [-0.4, -0.2) is 10.1 Å². The van der Waals surface area contributed by atoms with Gasteiger partial charge >= 0.3 is 0 Å². The fourth-order valence-electron chi connectivity index (χ4n) is 1.95. The number of fused-ring (bicyclic) bond motifs is 1. The Hall–Kier alpha value is -2.36. The van der Waals surface area contributed by atoms with Crippen molar-refractivity contribution in [3.63, 3.8) is 0 Å². The minimum Gasteiger partial charge on any atom is -0.398 e. The first-order chi connectivity index (χ1) is 8.78. The zero-order chi connectivity index (χ0) is 12.5. The molecule has 0 aliphatic carbocycles. The van der Waals surface area contributed by atoms with Gasteiger partial charge < -0.3 is 10.3 Å². The molecule has 4 heteroatoms. The Labute approximate surface area is 104 Å². The predicted molar refractivity (Wildman–Crippen MR) is 71.0 cm³/mol. The smallest absolute Gasteiger partial charge is 0.260 e. The van der Waals surface area contributed by atoms with Gasteiger partial charge in [-0.1, -0.05) is 36.3 Å². The Morgan fingerprint density at radius 3 is 2.56 bits per heavy atom. The monoisotopic (exact) mass is 239 g/mol. The second-order valence-electron chi connectivity index (χ2n) is 4.16. The van der Waals surface area contributed by atoms with Crippen LogP contribution in [0.15, 0.2) is 40.9 Å². The molecule has 3 aromatic rings. The number of aromatic nitrogens is 2. The number of anilines is 1. The number of rotatable bonds is 2. The maximum Gasteiger partial charge on any atom is 0.260 e. The van der Waals surface area contributed by atoms with E-state index in [1.165, 1.54) is 0 Å². The Morgan fingerprint density at radius 2 is 1.89 bits per heavy atom. The highest BCUT2D eigenvalue weighted by Crippen LogP contribution is 2.29. The Kier molecular flexibility index (Phi) is 2.48. The molecule has 0 unspecified atom stereocenters. The van der Waals surface area contributed by atoms with Crippen molar-refractivity contribution in [2.75, 3.05) is 5.73 Å². The average Bonchev–Trinajstić information content (AvgIpc) is 2.86. The van der Waals surface area contributed by atoms with Crippen molar-refractivity contribution in [3.05, 3.63) is 42.2 Å². The lowest BCUT2D eigenvalue weighted by Crippen LogP contribution is -1.91. The van der Waals surface area contributed by atoms with Crippen LogP contribution in [0.4, 0.5) is 5.69 Å². The van der Waals surface area contributed by atoms with Gasteiger partial charge in [0.15, 0.2) is 5.82 Å². The van der Waals surface area contributed by atoms with E-state index in [0.29, 0.717) is 17.4 Å². The van der Waals surface area contributed by atoms with E-state index in [9.17, 15) is 0 Å². The topological polar surface area (TPSA) is 64.9 Å². The van der Waals surface area contributed by atoms with Crippen molar-refractivity contribution in [1.29, 1.82) is 0 Å². The first kappa shape index (κ1) is 10.8. The lowest BCUT2D eigenvalue weighted by atomic mass is 10.1. The van der Waals surface area contributed by atoms with E-state index in [1.807, 2.05) is 43.3 Å². The summed E-state index contributed by atoms with van der Waals surface area (Å²) in [6, 6.07) is 12.0. The third-order valence-electron chi connectivity index (χ3n) is 2.93. The second-order valence-corrected chi connectivity index (χ2v) is 4.16. The minimum atomic E-state index is 0.482. The maximum atomic E-state index is 6.04. The van der Waals surface area contributed by atoms with Crippen molar-refractivity contribution < 1.29 is 4.52 Å². The Bertz CT molecular complexity index is 703. The van der Waals surface area contributed by atoms with E-state index in [2.05, 4.69) is 10.1 Å². The van der Waals surface area contributed by atoms with Crippen molar-refractivity contribution in [2.45, 2.75) is 13.3 Å². The van der Waals surface area contributed by atoms with Gasteiger partial charge in [-0.2, -0.15) is 4.98 Å². The zero-order valence-corrected chi connectivity index (χ0v) is 10.1. The highest BCUT2D eigenvalue weighted by Gasteiger charge is 2.11. The van der Waals surface area contributed by atoms with Gasteiger partial charge in [0, 0.05) is 12.1 Å². The molecule has 3 rings (SSSR count). The van der Waals surface area contributed by atoms with Crippen LogP contribution in [0.2, 0.25) is 0 Å². The summed E-state index contributed by atoms with van der Waals surface area (Å²) < 4.78 is 5.23. The number of hydrogen-bond donors (Lipinski definition) is 1. The number of aryl methyl sites for hydroxylation is 1. The minimum absolute atomic E-state index is 0.482. The molecule has 0 saturated carbocycles. The van der Waals surface area contributed by atoms with Gasteiger partial charge in [0.25, 0.3) is 5.89 Å². The molecule has 4 nitrogen and oxygen atoms in total. The molecule has 0 spiro atoms. The number of nitrogens with zero attached hydrogens (tertiary/aromatic N) is 2. The maximum absolute atomic E-state index is 6.04. The first-order valence-corrected chi connectivity index (χ1v) is 5.89. The molecule has 0 aliphatic rings. The number of hydrogen-bond acceptors (Lipinski definition) is 4. The summed E-state index contributed by atoms with van der Waals surface area (Å²) in [5.74, 6) is 1.17. The van der Waals surface area contributed by atoms with Gasteiger partial charge in [-0.25, -0.2) is 0 Å². The molecule has 2 N–H and O–H groups in total. The Morgan fingerprint density at radius 1 is 1.17 bits per heavy atom. The van der Waals surface area contributed by atoms with Crippen LogP contribution in [0.3, 0.4) is 0 Å². The average molecular weight is 239 g/mol. The molecule has 1 aromatic heterocycles. The van der Waals surface area contributed by atoms with Crippen LogP contribution in [0.1, 0.15) is 12.7 Å². The van der Waals surface area contributed by atoms with E-state index in [-0.39, 0.29) is 0 Å². The van der Waals surface area contributed by atoms with Crippen LogP contribution >= 0.6 is 0 Å². The first-order valence-electron chi connectivity index (χ1n) is 5.89. The van der Waals surface area contributed by atoms with Gasteiger partial charge in [0.2, 0.25) is 0 Å². The summed E-state index contributed by atoms with van der Waals surface area (Å²) in [5, 5.41) is 6.11. The number of benzene rings is 2. The lowest BCUT2D eigenvalue weighted by molar-refractivity contribution is 0.423. The normalized spacial score (nSPS) is 10.9. The molecule has 0 aliphatic heterocycles. The fourth-order valence-corrected chi connectivity index (χ4v) is 1.95. The van der Waals surface area contributed by atoms with E-state index in [1.54, 1.807) is 0 Å². The molecular formula is C14H13N3O. The Balaban J connectivity index is 2.19. The van der Waals surface area contributed by atoms with Crippen molar-refractivity contribution in [2.24, 2.45) is 0 Å². The van der Waals surface area contributed by atoms with Crippen LogP contribution in [0.25, 0.3) is 22.2 Å². The summed E-state index contributed by atoms with van der Waals surface area (Å²) in [7, 11) is 0. The van der Waals surface area contributed by atoms with Crippen molar-refractivity contribution in [3.8, 4) is 11.5 Å². The summed E-state index contributed by atoms with van der Waals surface area (Å²) in [6.07, 6.45) is 0.747. The van der Waals surface area contributed by atoms with Crippen LogP contribution in [-0.2, 0) is 6.42 Å². The van der Waals surface area contributed by atoms with Crippen molar-refractivity contribution >= 4 is 16.5 Å². The van der Waals surface area contributed by atoms with Crippen LogP contribution in [0.5, 0.6) is 0 Å². The predicted octanol–water partition coefficient (Wildman–Crippen LogP) is 3.03. The standard InChI is InChI=1S/C14H13N3O/c1-2-13-16-14(18-17-13)11-7-9-5-3-4-6-10(9)8-12(11)15/h3-8H,2,15H2,1H3. The number of nitrogen functional groups attached to an aromatic ring is 1. The summed E-state index contributed by atoms with van der Waals surface area (Å²) in [5.41, 5.74) is 7.49. The molecule has 0 fully saturated rings. The third kappa shape index (κ3) is 1.72. The van der Waals surface area contributed by atoms with Gasteiger partial charge in [-0.3, -0.25) is 0 Å². The van der Waals surface area contributed by atoms with Crippen LogP contribution in [0, 0.1) is 0 Å². The molecule has 0 saturated heterocycles. The highest BCUT2D eigenvalue weighted by atomic mass is 16.5. The molecule has 18 heavy (non-hydrogen) atoms.